The molecular formula is C50H81N3O18. The Hall–Kier alpha value is -3.72. The van der Waals surface area contributed by atoms with Crippen molar-refractivity contribution in [1.82, 2.24) is 10.6 Å². The first-order valence-electron chi connectivity index (χ1n) is 24.3. The van der Waals surface area contributed by atoms with E-state index in [-0.39, 0.29) is 31.6 Å². The Kier molecular flexibility index (Phi) is 27.0. The molecule has 21 heteroatoms. The number of aliphatic hydroxyl groups excluding tert-OH is 11. The molecule has 3 rings (SSSR count). The number of nitrogens with one attached hydrogen (secondary N) is 2. The van der Waals surface area contributed by atoms with Crippen molar-refractivity contribution in [3.8, 4) is 0 Å². The molecular weight excluding hydrogens is 931 g/mol. The van der Waals surface area contributed by atoms with Crippen LogP contribution >= 0.6 is 0 Å². The molecule has 2 amide bonds. The van der Waals surface area contributed by atoms with Crippen molar-refractivity contribution in [3.05, 3.63) is 85.1 Å². The quantitative estimate of drug-likeness (QED) is 0.142. The second-order valence-electron chi connectivity index (χ2n) is 18.9. The predicted octanol–water partition coefficient (Wildman–Crippen LogP) is -0.968. The zero-order chi connectivity index (χ0) is 52.8. The van der Waals surface area contributed by atoms with Crippen LogP contribution in [0.5, 0.6) is 0 Å². The fraction of sp³-hybridized carbons (Fsp3) is 0.680. The van der Waals surface area contributed by atoms with E-state index in [1.807, 2.05) is 19.1 Å². The summed E-state index contributed by atoms with van der Waals surface area (Å²) >= 11 is 0. The Morgan fingerprint density at radius 3 is 1.87 bits per heavy atom. The normalized spacial score (nSPS) is 42.6. The van der Waals surface area contributed by atoms with E-state index in [4.69, 9.17) is 24.7 Å². The average molecular weight is 1010 g/mol. The molecule has 2 fully saturated rings. The van der Waals surface area contributed by atoms with Crippen molar-refractivity contribution in [2.45, 2.75) is 189 Å². The number of allylic oxidation sites excluding steroid dienone is 12. The highest BCUT2D eigenvalue weighted by Crippen LogP contribution is 2.35. The molecule has 0 radical (unpaired) electrons. The molecule has 16 N–H and O–H groups in total. The van der Waals surface area contributed by atoms with Gasteiger partial charge in [0.1, 0.15) is 12.2 Å². The fourth-order valence-corrected chi connectivity index (χ4v) is 8.36. The van der Waals surface area contributed by atoms with E-state index in [2.05, 4.69) is 10.6 Å². The molecule has 0 unspecified atom stereocenters. The highest BCUT2D eigenvalue weighted by molar-refractivity contribution is 5.74. The summed E-state index contributed by atoms with van der Waals surface area (Å²) in [6, 6.07) is -4.47. The number of carbonyl (C=O) groups excluding carboxylic acids is 2. The molecule has 0 aromatic heterocycles. The van der Waals surface area contributed by atoms with Crippen LogP contribution in [0.2, 0.25) is 0 Å². The summed E-state index contributed by atoms with van der Waals surface area (Å²) in [4.78, 5) is 25.8. The number of ether oxygens (including phenoxy) is 4. The van der Waals surface area contributed by atoms with Crippen molar-refractivity contribution >= 4 is 12.0 Å². The molecule has 0 aliphatic carbocycles. The van der Waals surface area contributed by atoms with Gasteiger partial charge in [-0.2, -0.15) is 0 Å². The van der Waals surface area contributed by atoms with Gasteiger partial charge >= 0.3 is 12.0 Å². The van der Waals surface area contributed by atoms with Gasteiger partial charge in [0.15, 0.2) is 12.1 Å². The zero-order valence-electron chi connectivity index (χ0n) is 41.0. The maximum atomic E-state index is 13.1. The van der Waals surface area contributed by atoms with Crippen LogP contribution in [0.4, 0.5) is 4.79 Å². The first-order valence-corrected chi connectivity index (χ1v) is 24.3. The third-order valence-corrected chi connectivity index (χ3v) is 12.8. The van der Waals surface area contributed by atoms with Gasteiger partial charge in [0.05, 0.1) is 105 Å². The number of carbonyl (C=O) groups is 2. The van der Waals surface area contributed by atoms with E-state index in [0.29, 0.717) is 0 Å². The molecule has 0 aromatic carbocycles. The van der Waals surface area contributed by atoms with Gasteiger partial charge in [-0.25, -0.2) is 4.79 Å². The van der Waals surface area contributed by atoms with Crippen LogP contribution in [0.3, 0.4) is 0 Å². The largest absolute Gasteiger partial charge is 0.462 e. The Labute approximate surface area is 416 Å². The molecule has 21 nitrogen and oxygen atoms in total. The molecule has 3 aliphatic heterocycles. The van der Waals surface area contributed by atoms with Gasteiger partial charge in [-0.15, -0.1) is 0 Å². The first kappa shape index (κ1) is 61.6. The molecule has 0 saturated carbocycles. The molecule has 2 bridgehead atoms. The summed E-state index contributed by atoms with van der Waals surface area (Å²) in [5.41, 5.74) is 6.08. The Morgan fingerprint density at radius 2 is 1.28 bits per heavy atom. The van der Waals surface area contributed by atoms with E-state index in [0.717, 1.165) is 0 Å². The summed E-state index contributed by atoms with van der Waals surface area (Å²) in [5, 5.41) is 134. The number of urea groups is 1. The summed E-state index contributed by atoms with van der Waals surface area (Å²) < 4.78 is 23.6. The monoisotopic (exact) mass is 1010 g/mol. The standard InChI is InChI=1S/C50H81N3O18/c1-29-17-15-13-11-9-7-5-6-8-10-12-14-16-18-37(70-48-47(65)43(51)46(64)32(4)69-48)24-41-44(53-49(66)52-33(27-54)28-55)40(61)26-50(67,71-41)25-36(58)22-39(60)38(59)20-19-34(56)21-35(57)23-42(62)68-31(3)30(2)45(29)63/h5-18,29-41,43-48,54-61,63-65,67H,19-28,51H2,1-4H3,(H2,52,53,66)/b6-5+,9-7+,10-8+,13-11+,14-12+,17-15+,18-16+/t29-,30-,31-,32+,34+,35+,36-,37-,38+,39+,40-,41-,43-,44+,45+,46+,47-,48-,50+/m0/s1. The summed E-state index contributed by atoms with van der Waals surface area (Å²) in [5.74, 6) is -3.82. The molecule has 3 heterocycles. The molecule has 404 valence electrons. The Morgan fingerprint density at radius 1 is 0.704 bits per heavy atom. The SMILES string of the molecule is C[C@@H]1[C@H](O)[C@@H](C)/C=C/C=C/C=C/C=C/C=C/C=C/C=C/[C@H](O[C@@H]2O[C@H](C)[C@@H](O)[C@H](N)[C@@H]2O)C[C@@H]2O[C@](O)(C[C@@H](O)C[C@@H](O)[C@H](O)CC[C@@H](O)C[C@@H](O)CC(=O)O[C@H]1C)C[C@H](O)[C@H]2NC(=O)NC(CO)CO. The van der Waals surface area contributed by atoms with Crippen molar-refractivity contribution < 1.29 is 89.8 Å². The third kappa shape index (κ3) is 21.3. The minimum atomic E-state index is -2.32. The topological polar surface area (TPSA) is 364 Å². The number of cyclic esters (lactones) is 1. The predicted molar refractivity (Wildman–Crippen MR) is 259 cm³/mol. The van der Waals surface area contributed by atoms with Crippen molar-refractivity contribution in [2.24, 2.45) is 17.6 Å². The van der Waals surface area contributed by atoms with Crippen molar-refractivity contribution in [1.29, 1.82) is 0 Å². The Bertz CT molecular complexity index is 1790. The molecule has 71 heavy (non-hydrogen) atoms. The molecule has 0 spiro atoms. The number of amides is 2. The van der Waals surface area contributed by atoms with E-state index >= 15 is 0 Å². The van der Waals surface area contributed by atoms with Crippen LogP contribution in [0.25, 0.3) is 0 Å². The number of fused-ring (bicyclic) bond motifs is 2. The smallest absolute Gasteiger partial charge is 0.315 e. The Balaban J connectivity index is 1.94. The van der Waals surface area contributed by atoms with Crippen molar-refractivity contribution in [3.63, 3.8) is 0 Å². The number of aliphatic hydroxyl groups is 12. The number of hydrogen-bond donors (Lipinski definition) is 15. The minimum Gasteiger partial charge on any atom is -0.462 e. The maximum Gasteiger partial charge on any atom is 0.315 e. The second-order valence-corrected chi connectivity index (χ2v) is 18.9. The average Bonchev–Trinajstić information content (AvgIpc) is 3.30. The molecule has 2 saturated heterocycles. The van der Waals surface area contributed by atoms with Gasteiger partial charge in [-0.1, -0.05) is 98.9 Å². The molecule has 3 aliphatic rings. The summed E-state index contributed by atoms with van der Waals surface area (Å²) in [6.45, 7) is 5.51. The van der Waals surface area contributed by atoms with Gasteiger partial charge in [0, 0.05) is 37.5 Å². The van der Waals surface area contributed by atoms with Gasteiger partial charge < -0.3 is 96.6 Å². The zero-order valence-corrected chi connectivity index (χ0v) is 41.0. The number of esters is 1. The fourth-order valence-electron chi connectivity index (χ4n) is 8.36. The number of rotatable bonds is 6. The van der Waals surface area contributed by atoms with E-state index in [9.17, 15) is 70.9 Å². The highest BCUT2D eigenvalue weighted by Gasteiger charge is 2.49. The van der Waals surface area contributed by atoms with Gasteiger partial charge in [-0.05, 0) is 33.1 Å². The van der Waals surface area contributed by atoms with Crippen LogP contribution in [-0.2, 0) is 23.7 Å². The van der Waals surface area contributed by atoms with Crippen LogP contribution in [-0.4, -0.2) is 196 Å². The van der Waals surface area contributed by atoms with Gasteiger partial charge in [0.2, 0.25) is 0 Å². The highest BCUT2D eigenvalue weighted by atomic mass is 16.7. The van der Waals surface area contributed by atoms with Crippen LogP contribution < -0.4 is 16.4 Å². The number of nitrogens with two attached hydrogens (primary N) is 1. The van der Waals surface area contributed by atoms with E-state index < -0.39 is 166 Å². The lowest BCUT2D eigenvalue weighted by atomic mass is 9.87. The van der Waals surface area contributed by atoms with Gasteiger partial charge in [0.25, 0.3) is 0 Å². The van der Waals surface area contributed by atoms with E-state index in [1.165, 1.54) is 6.92 Å². The van der Waals surface area contributed by atoms with Crippen LogP contribution in [0.1, 0.15) is 79.1 Å². The van der Waals surface area contributed by atoms with Crippen molar-refractivity contribution in [2.75, 3.05) is 13.2 Å². The maximum absolute atomic E-state index is 13.1. The lowest BCUT2D eigenvalue weighted by Gasteiger charge is -2.46. The number of hydrogen-bond acceptors (Lipinski definition) is 19. The third-order valence-electron chi connectivity index (χ3n) is 12.8. The second kappa shape index (κ2) is 31.1. The first-order chi connectivity index (χ1) is 33.6. The van der Waals surface area contributed by atoms with Gasteiger partial charge in [-0.3, -0.25) is 4.79 Å². The summed E-state index contributed by atoms with van der Waals surface area (Å²) in [6.07, 6.45) is 3.66. The molecule has 19 atom stereocenters. The lowest BCUT2D eigenvalue weighted by Crippen LogP contribution is -2.64. The summed E-state index contributed by atoms with van der Waals surface area (Å²) in [7, 11) is 0. The van der Waals surface area contributed by atoms with Crippen LogP contribution in [0.15, 0.2) is 85.1 Å². The minimum absolute atomic E-state index is 0.118. The lowest BCUT2D eigenvalue weighted by molar-refractivity contribution is -0.303. The molecule has 0 aromatic rings. The van der Waals surface area contributed by atoms with Crippen LogP contribution in [0, 0.1) is 11.8 Å². The van der Waals surface area contributed by atoms with E-state index in [1.54, 1.807) is 86.8 Å².